The Morgan fingerprint density at radius 3 is 2.46 bits per heavy atom. The summed E-state index contributed by atoms with van der Waals surface area (Å²) in [6.07, 6.45) is 4.29. The van der Waals surface area contributed by atoms with Gasteiger partial charge in [-0.1, -0.05) is 12.2 Å². The lowest BCUT2D eigenvalue weighted by molar-refractivity contribution is -0.140. The number of nitrogens with two attached hydrogens (primary N) is 1. The molecule has 1 saturated heterocycles. The molecule has 4 nitrogen and oxygen atoms in total. The second-order valence-electron chi connectivity index (χ2n) is 3.44. The molecule has 2 aliphatic rings. The fourth-order valence-electron chi connectivity index (χ4n) is 1.71. The van der Waals surface area contributed by atoms with Crippen LogP contribution in [0, 0.1) is 11.8 Å². The molecular weight excluding hydrogens is 168 g/mol. The second-order valence-corrected chi connectivity index (χ2v) is 3.44. The molecular formula is C9H12N2O2. The van der Waals surface area contributed by atoms with Gasteiger partial charge in [-0.25, -0.2) is 0 Å². The molecule has 4 heteroatoms. The largest absolute Gasteiger partial charge is 0.327 e. The Bertz CT molecular complexity index is 265. The summed E-state index contributed by atoms with van der Waals surface area (Å²) in [5.74, 6) is 0.0193. The summed E-state index contributed by atoms with van der Waals surface area (Å²) in [6.45, 7) is 0.838. The maximum absolute atomic E-state index is 11.4. The number of amides is 2. The maximum atomic E-state index is 11.4. The average molecular weight is 180 g/mol. The predicted molar refractivity (Wildman–Crippen MR) is 46.5 cm³/mol. The minimum absolute atomic E-state index is 0.00308. The van der Waals surface area contributed by atoms with E-state index in [2.05, 4.69) is 0 Å². The first-order valence-electron chi connectivity index (χ1n) is 4.46. The van der Waals surface area contributed by atoms with Gasteiger partial charge >= 0.3 is 0 Å². The standard InChI is InChI=1S/C9H12N2O2/c10-3-1-2-4-11-8(12)6-5-7(6)9(11)13/h1-2,6-7H,3-5,10H2/b2-1+. The third kappa shape index (κ3) is 1.27. The summed E-state index contributed by atoms with van der Waals surface area (Å²) in [5.41, 5.74) is 5.24. The van der Waals surface area contributed by atoms with Crippen molar-refractivity contribution in [1.29, 1.82) is 0 Å². The first kappa shape index (κ1) is 8.44. The minimum Gasteiger partial charge on any atom is -0.327 e. The van der Waals surface area contributed by atoms with Crippen molar-refractivity contribution in [1.82, 2.24) is 4.90 Å². The van der Waals surface area contributed by atoms with E-state index in [0.717, 1.165) is 6.42 Å². The van der Waals surface area contributed by atoms with Crippen LogP contribution in [0.3, 0.4) is 0 Å². The molecule has 2 unspecified atom stereocenters. The molecule has 2 fully saturated rings. The molecule has 0 spiro atoms. The molecule has 13 heavy (non-hydrogen) atoms. The molecule has 1 saturated carbocycles. The van der Waals surface area contributed by atoms with Crippen LogP contribution in [0.25, 0.3) is 0 Å². The van der Waals surface area contributed by atoms with E-state index in [4.69, 9.17) is 5.73 Å². The molecule has 0 aromatic rings. The van der Waals surface area contributed by atoms with E-state index in [1.807, 2.05) is 0 Å². The Labute approximate surface area is 76.4 Å². The summed E-state index contributed by atoms with van der Waals surface area (Å²) < 4.78 is 0. The highest BCUT2D eigenvalue weighted by Crippen LogP contribution is 2.46. The molecule has 70 valence electrons. The van der Waals surface area contributed by atoms with E-state index in [-0.39, 0.29) is 23.7 Å². The lowest BCUT2D eigenvalue weighted by Gasteiger charge is -2.13. The molecule has 0 aromatic heterocycles. The Balaban J connectivity index is 1.96. The van der Waals surface area contributed by atoms with Gasteiger partial charge in [0.05, 0.1) is 11.8 Å². The van der Waals surface area contributed by atoms with Crippen molar-refractivity contribution in [2.45, 2.75) is 6.42 Å². The summed E-state index contributed by atoms with van der Waals surface area (Å²) in [6, 6.07) is 0. The van der Waals surface area contributed by atoms with Gasteiger partial charge in [-0.2, -0.15) is 0 Å². The number of piperidine rings is 1. The van der Waals surface area contributed by atoms with Crippen molar-refractivity contribution in [3.05, 3.63) is 12.2 Å². The zero-order valence-electron chi connectivity index (χ0n) is 7.27. The monoisotopic (exact) mass is 180 g/mol. The van der Waals surface area contributed by atoms with Crippen LogP contribution in [0.4, 0.5) is 0 Å². The lowest BCUT2D eigenvalue weighted by atomic mass is 10.4. The lowest BCUT2D eigenvalue weighted by Crippen LogP contribution is -2.33. The Morgan fingerprint density at radius 1 is 1.31 bits per heavy atom. The van der Waals surface area contributed by atoms with Crippen molar-refractivity contribution in [3.8, 4) is 0 Å². The van der Waals surface area contributed by atoms with Gasteiger partial charge in [0.15, 0.2) is 0 Å². The van der Waals surface area contributed by atoms with E-state index in [1.54, 1.807) is 12.2 Å². The first-order chi connectivity index (χ1) is 6.25. The molecule has 0 radical (unpaired) electrons. The molecule has 0 bridgehead atoms. The van der Waals surface area contributed by atoms with Gasteiger partial charge in [-0.15, -0.1) is 0 Å². The van der Waals surface area contributed by atoms with Gasteiger partial charge in [0.2, 0.25) is 11.8 Å². The maximum Gasteiger partial charge on any atom is 0.233 e. The number of likely N-dealkylation sites (tertiary alicyclic amines) is 1. The van der Waals surface area contributed by atoms with Gasteiger partial charge in [0.25, 0.3) is 0 Å². The van der Waals surface area contributed by atoms with Crippen molar-refractivity contribution >= 4 is 11.8 Å². The molecule has 1 heterocycles. The minimum atomic E-state index is -0.00308. The number of rotatable bonds is 3. The number of nitrogens with zero attached hydrogens (tertiary/aromatic N) is 1. The van der Waals surface area contributed by atoms with Crippen molar-refractivity contribution in [3.63, 3.8) is 0 Å². The first-order valence-corrected chi connectivity index (χ1v) is 4.46. The van der Waals surface area contributed by atoms with Gasteiger partial charge in [0, 0.05) is 13.1 Å². The number of hydrogen-bond acceptors (Lipinski definition) is 3. The average Bonchev–Trinajstić information content (AvgIpc) is 2.85. The summed E-state index contributed by atoms with van der Waals surface area (Å²) >= 11 is 0. The predicted octanol–water partition coefficient (Wildman–Crippen LogP) is -0.494. The van der Waals surface area contributed by atoms with Crippen LogP contribution in [0.15, 0.2) is 12.2 Å². The topological polar surface area (TPSA) is 63.4 Å². The Kier molecular flexibility index (Phi) is 1.92. The molecule has 2 amide bonds. The summed E-state index contributed by atoms with van der Waals surface area (Å²) in [7, 11) is 0. The van der Waals surface area contributed by atoms with Gasteiger partial charge in [0.1, 0.15) is 0 Å². The molecule has 2 N–H and O–H groups in total. The normalized spacial score (nSPS) is 31.6. The van der Waals surface area contributed by atoms with E-state index >= 15 is 0 Å². The van der Waals surface area contributed by atoms with Crippen LogP contribution < -0.4 is 5.73 Å². The highest BCUT2D eigenvalue weighted by atomic mass is 16.2. The molecule has 2 atom stereocenters. The molecule has 1 aliphatic heterocycles. The molecule has 1 aliphatic carbocycles. The van der Waals surface area contributed by atoms with Gasteiger partial charge in [-0.05, 0) is 6.42 Å². The van der Waals surface area contributed by atoms with Gasteiger partial charge < -0.3 is 5.73 Å². The fourth-order valence-corrected chi connectivity index (χ4v) is 1.71. The summed E-state index contributed by atoms with van der Waals surface area (Å²) in [4.78, 5) is 24.1. The van der Waals surface area contributed by atoms with E-state index < -0.39 is 0 Å². The van der Waals surface area contributed by atoms with E-state index in [1.165, 1.54) is 4.90 Å². The molecule has 0 aromatic carbocycles. The zero-order chi connectivity index (χ0) is 9.42. The third-order valence-electron chi connectivity index (χ3n) is 2.55. The number of imide groups is 1. The SMILES string of the molecule is NC/C=C/CN1C(=O)C2CC2C1=O. The van der Waals surface area contributed by atoms with Crippen LogP contribution >= 0.6 is 0 Å². The van der Waals surface area contributed by atoms with Crippen LogP contribution in [0.5, 0.6) is 0 Å². The quantitative estimate of drug-likeness (QED) is 0.470. The fraction of sp³-hybridized carbons (Fsp3) is 0.556. The van der Waals surface area contributed by atoms with Crippen molar-refractivity contribution in [2.24, 2.45) is 17.6 Å². The van der Waals surface area contributed by atoms with Crippen LogP contribution in [0.1, 0.15) is 6.42 Å². The van der Waals surface area contributed by atoms with Gasteiger partial charge in [-0.3, -0.25) is 14.5 Å². The van der Waals surface area contributed by atoms with E-state index in [9.17, 15) is 9.59 Å². The van der Waals surface area contributed by atoms with E-state index in [0.29, 0.717) is 13.1 Å². The van der Waals surface area contributed by atoms with Crippen molar-refractivity contribution in [2.75, 3.05) is 13.1 Å². The van der Waals surface area contributed by atoms with Crippen LogP contribution in [0.2, 0.25) is 0 Å². The number of carbonyl (C=O) groups excluding carboxylic acids is 2. The Morgan fingerprint density at radius 2 is 1.92 bits per heavy atom. The zero-order valence-corrected chi connectivity index (χ0v) is 7.27. The van der Waals surface area contributed by atoms with Crippen LogP contribution in [-0.4, -0.2) is 29.8 Å². The Hall–Kier alpha value is -1.16. The highest BCUT2D eigenvalue weighted by Gasteiger charge is 2.58. The molecule has 2 rings (SSSR count). The summed E-state index contributed by atoms with van der Waals surface area (Å²) in [5, 5.41) is 0. The van der Waals surface area contributed by atoms with Crippen LogP contribution in [-0.2, 0) is 9.59 Å². The highest BCUT2D eigenvalue weighted by molar-refractivity contribution is 6.08. The second kappa shape index (κ2) is 2.96. The van der Waals surface area contributed by atoms with Crippen molar-refractivity contribution < 1.29 is 9.59 Å². The third-order valence-corrected chi connectivity index (χ3v) is 2.55. The number of hydrogen-bond donors (Lipinski definition) is 1. The number of fused-ring (bicyclic) bond motifs is 1. The smallest absolute Gasteiger partial charge is 0.233 e. The number of carbonyl (C=O) groups is 2.